The molecule has 0 heterocycles. The molecule has 0 atom stereocenters. The van der Waals surface area contributed by atoms with Crippen molar-refractivity contribution < 1.29 is 0 Å². The summed E-state index contributed by atoms with van der Waals surface area (Å²) in [5, 5.41) is 6.27. The van der Waals surface area contributed by atoms with Gasteiger partial charge in [0.25, 0.3) is 0 Å². The molecule has 0 saturated carbocycles. The molecule has 0 aromatic heterocycles. The highest BCUT2D eigenvalue weighted by molar-refractivity contribution is 7.97. The molecule has 17 heavy (non-hydrogen) atoms. The SMILES string of the molecule is CC/C=C(/C)C(C)(C)c1ccc(SN)c(Cl)c1. The van der Waals surface area contributed by atoms with Gasteiger partial charge in [0.2, 0.25) is 0 Å². The van der Waals surface area contributed by atoms with E-state index in [1.54, 1.807) is 0 Å². The average Bonchev–Trinajstić information content (AvgIpc) is 2.29. The first kappa shape index (κ1) is 14.6. The molecule has 0 bridgehead atoms. The fourth-order valence-electron chi connectivity index (χ4n) is 1.77. The molecule has 94 valence electrons. The van der Waals surface area contributed by atoms with Crippen LogP contribution in [0.3, 0.4) is 0 Å². The minimum atomic E-state index is 0.0114. The van der Waals surface area contributed by atoms with E-state index in [0.717, 1.165) is 16.3 Å². The molecule has 3 heteroatoms. The van der Waals surface area contributed by atoms with Gasteiger partial charge in [0.15, 0.2) is 0 Å². The van der Waals surface area contributed by atoms with Gasteiger partial charge in [-0.05, 0) is 43.0 Å². The van der Waals surface area contributed by atoms with Gasteiger partial charge in [0.05, 0.1) is 5.02 Å². The van der Waals surface area contributed by atoms with E-state index in [1.165, 1.54) is 23.1 Å². The van der Waals surface area contributed by atoms with Crippen LogP contribution >= 0.6 is 23.5 Å². The normalized spacial score (nSPS) is 12.9. The summed E-state index contributed by atoms with van der Waals surface area (Å²) in [6.07, 6.45) is 3.32. The Bertz CT molecular complexity index is 424. The molecule has 1 aromatic rings. The third-order valence-corrected chi connectivity index (χ3v) is 4.31. The smallest absolute Gasteiger partial charge is 0.0557 e. The van der Waals surface area contributed by atoms with Crippen LogP contribution < -0.4 is 5.14 Å². The molecule has 0 saturated heterocycles. The topological polar surface area (TPSA) is 26.0 Å². The van der Waals surface area contributed by atoms with Gasteiger partial charge >= 0.3 is 0 Å². The molecule has 0 fully saturated rings. The Morgan fingerprint density at radius 2 is 2.12 bits per heavy atom. The molecular weight excluding hydrogens is 250 g/mol. The van der Waals surface area contributed by atoms with Crippen molar-refractivity contribution in [3.05, 3.63) is 40.4 Å². The zero-order valence-electron chi connectivity index (χ0n) is 10.9. The summed E-state index contributed by atoms with van der Waals surface area (Å²) >= 11 is 7.38. The van der Waals surface area contributed by atoms with Crippen LogP contribution in [-0.4, -0.2) is 0 Å². The molecule has 0 aliphatic rings. The zero-order chi connectivity index (χ0) is 13.1. The van der Waals surface area contributed by atoms with Crippen molar-refractivity contribution in [2.24, 2.45) is 5.14 Å². The summed E-state index contributed by atoms with van der Waals surface area (Å²) in [6.45, 7) is 8.76. The maximum Gasteiger partial charge on any atom is 0.0557 e. The first-order valence-electron chi connectivity index (χ1n) is 5.77. The van der Waals surface area contributed by atoms with E-state index in [9.17, 15) is 0 Å². The number of hydrogen-bond donors (Lipinski definition) is 1. The highest BCUT2D eigenvalue weighted by Crippen LogP contribution is 2.35. The number of hydrogen-bond acceptors (Lipinski definition) is 2. The van der Waals surface area contributed by atoms with Crippen LogP contribution in [0, 0.1) is 0 Å². The van der Waals surface area contributed by atoms with Gasteiger partial charge in [0, 0.05) is 10.3 Å². The van der Waals surface area contributed by atoms with Gasteiger partial charge < -0.3 is 0 Å². The molecule has 1 nitrogen and oxygen atoms in total. The van der Waals surface area contributed by atoms with Crippen LogP contribution in [0.5, 0.6) is 0 Å². The second-order valence-electron chi connectivity index (χ2n) is 4.68. The van der Waals surface area contributed by atoms with Gasteiger partial charge in [-0.3, -0.25) is 5.14 Å². The van der Waals surface area contributed by atoms with E-state index >= 15 is 0 Å². The van der Waals surface area contributed by atoms with E-state index < -0.39 is 0 Å². The standard InChI is InChI=1S/C14H20ClNS/c1-5-6-10(2)14(3,4)11-7-8-13(17-16)12(15)9-11/h6-9H,5,16H2,1-4H3/b10-6-. The quantitative estimate of drug-likeness (QED) is 0.619. The highest BCUT2D eigenvalue weighted by atomic mass is 35.5. The molecule has 0 unspecified atom stereocenters. The molecule has 0 aliphatic carbocycles. The molecule has 0 spiro atoms. The molecule has 1 rings (SSSR count). The maximum atomic E-state index is 6.20. The van der Waals surface area contributed by atoms with Crippen molar-refractivity contribution in [3.63, 3.8) is 0 Å². The fourth-order valence-corrected chi connectivity index (χ4v) is 2.41. The zero-order valence-corrected chi connectivity index (χ0v) is 12.5. The Labute approximate surface area is 114 Å². The third kappa shape index (κ3) is 3.27. The monoisotopic (exact) mass is 269 g/mol. The number of benzene rings is 1. The fraction of sp³-hybridized carbons (Fsp3) is 0.429. The summed E-state index contributed by atoms with van der Waals surface area (Å²) < 4.78 is 0. The summed E-state index contributed by atoms with van der Waals surface area (Å²) in [7, 11) is 0. The van der Waals surface area contributed by atoms with E-state index in [0.29, 0.717) is 0 Å². The van der Waals surface area contributed by atoms with Gasteiger partial charge in [-0.25, -0.2) is 0 Å². The van der Waals surface area contributed by atoms with Crippen LogP contribution in [0.1, 0.15) is 39.7 Å². The first-order chi connectivity index (χ1) is 7.93. The minimum absolute atomic E-state index is 0.0114. The Morgan fingerprint density at radius 1 is 1.47 bits per heavy atom. The second kappa shape index (κ2) is 5.94. The summed E-state index contributed by atoms with van der Waals surface area (Å²) in [4.78, 5) is 0.920. The Balaban J connectivity index is 3.16. The Morgan fingerprint density at radius 3 is 2.59 bits per heavy atom. The average molecular weight is 270 g/mol. The van der Waals surface area contributed by atoms with Crippen LogP contribution in [0.15, 0.2) is 34.7 Å². The lowest BCUT2D eigenvalue weighted by molar-refractivity contribution is 0.619. The van der Waals surface area contributed by atoms with Crippen molar-refractivity contribution >= 4 is 23.5 Å². The highest BCUT2D eigenvalue weighted by Gasteiger charge is 2.23. The van der Waals surface area contributed by atoms with Crippen molar-refractivity contribution in [2.75, 3.05) is 0 Å². The van der Waals surface area contributed by atoms with Crippen LogP contribution in [0.4, 0.5) is 0 Å². The number of rotatable bonds is 4. The Kier molecular flexibility index (Phi) is 5.11. The Hall–Kier alpha value is -0.440. The number of allylic oxidation sites excluding steroid dienone is 2. The van der Waals surface area contributed by atoms with Gasteiger partial charge in [-0.2, -0.15) is 0 Å². The molecule has 0 aliphatic heterocycles. The van der Waals surface area contributed by atoms with Crippen LogP contribution in [-0.2, 0) is 5.41 Å². The largest absolute Gasteiger partial charge is 0.274 e. The number of nitrogens with two attached hydrogens (primary N) is 1. The van der Waals surface area contributed by atoms with Gasteiger partial charge in [0.1, 0.15) is 0 Å². The van der Waals surface area contributed by atoms with Crippen molar-refractivity contribution in [3.8, 4) is 0 Å². The van der Waals surface area contributed by atoms with Crippen LogP contribution in [0.25, 0.3) is 0 Å². The van der Waals surface area contributed by atoms with Crippen molar-refractivity contribution in [2.45, 2.75) is 44.4 Å². The lowest BCUT2D eigenvalue weighted by Crippen LogP contribution is -2.18. The van der Waals surface area contributed by atoms with Gasteiger partial charge in [-0.15, -0.1) is 0 Å². The van der Waals surface area contributed by atoms with Crippen molar-refractivity contribution in [1.82, 2.24) is 0 Å². The van der Waals surface area contributed by atoms with E-state index in [-0.39, 0.29) is 5.41 Å². The lowest BCUT2D eigenvalue weighted by Gasteiger charge is -2.27. The molecular formula is C14H20ClNS. The van der Waals surface area contributed by atoms with Gasteiger partial charge in [-0.1, -0.05) is 50.1 Å². The third-order valence-electron chi connectivity index (χ3n) is 3.28. The molecule has 0 radical (unpaired) electrons. The summed E-state index contributed by atoms with van der Waals surface area (Å²) in [6, 6.07) is 6.11. The first-order valence-corrected chi connectivity index (χ1v) is 7.03. The molecule has 2 N–H and O–H groups in total. The summed E-state index contributed by atoms with van der Waals surface area (Å²) in [5.74, 6) is 0. The van der Waals surface area contributed by atoms with E-state index in [4.69, 9.17) is 16.7 Å². The second-order valence-corrected chi connectivity index (χ2v) is 5.77. The molecule has 1 aromatic carbocycles. The van der Waals surface area contributed by atoms with Crippen LogP contribution in [0.2, 0.25) is 5.02 Å². The predicted octanol–water partition coefficient (Wildman–Crippen LogP) is 4.94. The van der Waals surface area contributed by atoms with E-state index in [2.05, 4.69) is 39.8 Å². The van der Waals surface area contributed by atoms with E-state index in [1.807, 2.05) is 12.1 Å². The predicted molar refractivity (Wildman–Crippen MR) is 78.6 cm³/mol. The van der Waals surface area contributed by atoms with Crippen molar-refractivity contribution in [1.29, 1.82) is 0 Å². The lowest BCUT2D eigenvalue weighted by atomic mass is 9.78. The number of halogens is 1. The minimum Gasteiger partial charge on any atom is -0.274 e. The maximum absolute atomic E-state index is 6.20. The molecule has 0 amide bonds. The summed E-state index contributed by atoms with van der Waals surface area (Å²) in [5.41, 5.74) is 2.60.